The Morgan fingerprint density at radius 2 is 2.19 bits per heavy atom. The van der Waals surface area contributed by atoms with Crippen LogP contribution in [-0.2, 0) is 13.6 Å². The van der Waals surface area contributed by atoms with Gasteiger partial charge in [-0.05, 0) is 28.9 Å². The zero-order valence-corrected chi connectivity index (χ0v) is 10.8. The number of halogens is 1. The Morgan fingerprint density at radius 1 is 1.38 bits per heavy atom. The molecule has 0 amide bonds. The molecule has 84 valence electrons. The summed E-state index contributed by atoms with van der Waals surface area (Å²) in [5.41, 5.74) is 3.37. The third kappa shape index (κ3) is 2.41. The number of rotatable bonds is 3. The number of hydrogen-bond acceptors (Lipinski definition) is 3. The molecule has 0 aliphatic heterocycles. The lowest BCUT2D eigenvalue weighted by Crippen LogP contribution is -2.01. The van der Waals surface area contributed by atoms with Gasteiger partial charge in [0.25, 0.3) is 0 Å². The molecule has 0 atom stereocenters. The van der Waals surface area contributed by atoms with Crippen molar-refractivity contribution in [1.82, 2.24) is 14.8 Å². The van der Waals surface area contributed by atoms with Crippen LogP contribution in [-0.4, -0.2) is 14.8 Å². The van der Waals surface area contributed by atoms with E-state index >= 15 is 0 Å². The van der Waals surface area contributed by atoms with E-state index in [1.807, 2.05) is 24.0 Å². The number of hydrogen-bond donors (Lipinski definition) is 1. The van der Waals surface area contributed by atoms with Gasteiger partial charge in [-0.25, -0.2) is 0 Å². The zero-order chi connectivity index (χ0) is 11.5. The van der Waals surface area contributed by atoms with E-state index in [2.05, 4.69) is 38.3 Å². The van der Waals surface area contributed by atoms with Crippen LogP contribution >= 0.6 is 15.9 Å². The van der Waals surface area contributed by atoms with E-state index in [1.165, 1.54) is 11.3 Å². The van der Waals surface area contributed by atoms with Gasteiger partial charge in [0, 0.05) is 35.5 Å². The SMILES string of the molecule is Cc1c(CNc2cncc(Br)c2)cnn1C. The van der Waals surface area contributed by atoms with Crippen LogP contribution in [0.15, 0.2) is 29.1 Å². The summed E-state index contributed by atoms with van der Waals surface area (Å²) < 4.78 is 2.84. The molecule has 16 heavy (non-hydrogen) atoms. The Balaban J connectivity index is 2.05. The molecular weight excluding hydrogens is 268 g/mol. The summed E-state index contributed by atoms with van der Waals surface area (Å²) in [6.45, 7) is 2.82. The highest BCUT2D eigenvalue weighted by atomic mass is 79.9. The van der Waals surface area contributed by atoms with Gasteiger partial charge >= 0.3 is 0 Å². The first-order valence-electron chi connectivity index (χ1n) is 4.98. The van der Waals surface area contributed by atoms with Crippen molar-refractivity contribution in [2.45, 2.75) is 13.5 Å². The van der Waals surface area contributed by atoms with E-state index in [0.29, 0.717) is 0 Å². The Morgan fingerprint density at radius 3 is 2.81 bits per heavy atom. The Hall–Kier alpha value is -1.36. The maximum atomic E-state index is 4.20. The average molecular weight is 281 g/mol. The summed E-state index contributed by atoms with van der Waals surface area (Å²) in [6.07, 6.45) is 5.45. The van der Waals surface area contributed by atoms with Crippen LogP contribution in [0.2, 0.25) is 0 Å². The van der Waals surface area contributed by atoms with E-state index in [4.69, 9.17) is 0 Å². The van der Waals surface area contributed by atoms with Crippen molar-refractivity contribution >= 4 is 21.6 Å². The average Bonchev–Trinajstić information content (AvgIpc) is 2.57. The standard InChI is InChI=1S/C11H13BrN4/c1-8-9(5-15-16(8)2)4-14-11-3-10(12)6-13-7-11/h3,5-7,14H,4H2,1-2H3. The Bertz CT molecular complexity index is 492. The number of nitrogens with zero attached hydrogens (tertiary/aromatic N) is 3. The van der Waals surface area contributed by atoms with E-state index in [9.17, 15) is 0 Å². The first-order valence-corrected chi connectivity index (χ1v) is 5.78. The van der Waals surface area contributed by atoms with Crippen molar-refractivity contribution in [3.05, 3.63) is 40.4 Å². The van der Waals surface area contributed by atoms with Gasteiger partial charge in [-0.3, -0.25) is 9.67 Å². The fourth-order valence-corrected chi connectivity index (χ4v) is 1.79. The lowest BCUT2D eigenvalue weighted by Gasteiger charge is -2.05. The predicted molar refractivity (Wildman–Crippen MR) is 67.2 cm³/mol. The van der Waals surface area contributed by atoms with Crippen molar-refractivity contribution in [2.75, 3.05) is 5.32 Å². The molecule has 0 aliphatic carbocycles. The van der Waals surface area contributed by atoms with Crippen LogP contribution in [0.4, 0.5) is 5.69 Å². The molecule has 2 rings (SSSR count). The summed E-state index contributed by atoms with van der Waals surface area (Å²) in [6, 6.07) is 2.00. The Kier molecular flexibility index (Phi) is 3.24. The van der Waals surface area contributed by atoms with Crippen LogP contribution in [0.1, 0.15) is 11.3 Å². The van der Waals surface area contributed by atoms with E-state index < -0.39 is 0 Å². The van der Waals surface area contributed by atoms with E-state index in [-0.39, 0.29) is 0 Å². The Labute approximate surface area is 103 Å². The summed E-state index contributed by atoms with van der Waals surface area (Å²) >= 11 is 3.39. The summed E-state index contributed by atoms with van der Waals surface area (Å²) in [5.74, 6) is 0. The van der Waals surface area contributed by atoms with E-state index in [0.717, 1.165) is 16.7 Å². The van der Waals surface area contributed by atoms with Crippen LogP contribution in [0.5, 0.6) is 0 Å². The van der Waals surface area contributed by atoms with Crippen LogP contribution in [0.3, 0.4) is 0 Å². The van der Waals surface area contributed by atoms with Gasteiger partial charge in [0.2, 0.25) is 0 Å². The van der Waals surface area contributed by atoms with Crippen molar-refractivity contribution in [3.63, 3.8) is 0 Å². The molecule has 4 nitrogen and oxygen atoms in total. The second-order valence-electron chi connectivity index (χ2n) is 3.62. The first kappa shape index (κ1) is 11.1. The highest BCUT2D eigenvalue weighted by Crippen LogP contribution is 2.15. The van der Waals surface area contributed by atoms with Gasteiger partial charge in [0.05, 0.1) is 18.1 Å². The smallest absolute Gasteiger partial charge is 0.0542 e. The molecule has 0 bridgehead atoms. The lowest BCUT2D eigenvalue weighted by atomic mass is 10.2. The lowest BCUT2D eigenvalue weighted by molar-refractivity contribution is 0.738. The van der Waals surface area contributed by atoms with Gasteiger partial charge in [-0.1, -0.05) is 0 Å². The van der Waals surface area contributed by atoms with Crippen molar-refractivity contribution < 1.29 is 0 Å². The van der Waals surface area contributed by atoms with Crippen LogP contribution in [0.25, 0.3) is 0 Å². The van der Waals surface area contributed by atoms with Crippen LogP contribution < -0.4 is 5.32 Å². The second kappa shape index (κ2) is 4.65. The van der Waals surface area contributed by atoms with Crippen molar-refractivity contribution in [3.8, 4) is 0 Å². The third-order valence-corrected chi connectivity index (χ3v) is 2.96. The normalized spacial score (nSPS) is 10.4. The topological polar surface area (TPSA) is 42.7 Å². The van der Waals surface area contributed by atoms with Gasteiger partial charge in [0.15, 0.2) is 0 Å². The van der Waals surface area contributed by atoms with E-state index in [1.54, 1.807) is 12.4 Å². The molecule has 2 aromatic rings. The number of pyridine rings is 1. The summed E-state index contributed by atoms with van der Waals surface area (Å²) in [7, 11) is 1.94. The molecule has 0 fully saturated rings. The quantitative estimate of drug-likeness (QED) is 0.940. The van der Waals surface area contributed by atoms with Crippen molar-refractivity contribution in [2.24, 2.45) is 7.05 Å². The molecule has 5 heteroatoms. The van der Waals surface area contributed by atoms with Gasteiger partial charge in [-0.2, -0.15) is 5.10 Å². The molecule has 0 saturated carbocycles. The molecule has 0 aliphatic rings. The minimum Gasteiger partial charge on any atom is -0.380 e. The molecule has 0 spiro atoms. The first-order chi connectivity index (χ1) is 7.66. The third-order valence-electron chi connectivity index (χ3n) is 2.52. The predicted octanol–water partition coefficient (Wildman–Crippen LogP) is 2.50. The highest BCUT2D eigenvalue weighted by Gasteiger charge is 2.03. The highest BCUT2D eigenvalue weighted by molar-refractivity contribution is 9.10. The fraction of sp³-hybridized carbons (Fsp3) is 0.273. The number of aromatic nitrogens is 3. The molecule has 2 heterocycles. The molecule has 0 aromatic carbocycles. The van der Waals surface area contributed by atoms with Gasteiger partial charge < -0.3 is 5.32 Å². The van der Waals surface area contributed by atoms with Gasteiger partial charge in [0.1, 0.15) is 0 Å². The number of aryl methyl sites for hydroxylation is 1. The molecular formula is C11H13BrN4. The monoisotopic (exact) mass is 280 g/mol. The minimum atomic E-state index is 0.762. The molecule has 0 unspecified atom stereocenters. The summed E-state index contributed by atoms with van der Waals surface area (Å²) in [5, 5.41) is 7.51. The molecule has 0 saturated heterocycles. The molecule has 0 radical (unpaired) electrons. The van der Waals surface area contributed by atoms with Crippen molar-refractivity contribution in [1.29, 1.82) is 0 Å². The maximum Gasteiger partial charge on any atom is 0.0542 e. The van der Waals surface area contributed by atoms with Gasteiger partial charge in [-0.15, -0.1) is 0 Å². The van der Waals surface area contributed by atoms with Crippen LogP contribution in [0, 0.1) is 6.92 Å². The number of anilines is 1. The zero-order valence-electron chi connectivity index (χ0n) is 9.24. The molecule has 1 N–H and O–H groups in total. The largest absolute Gasteiger partial charge is 0.380 e. The fourth-order valence-electron chi connectivity index (χ4n) is 1.42. The minimum absolute atomic E-state index is 0.762. The second-order valence-corrected chi connectivity index (χ2v) is 4.54. The maximum absolute atomic E-state index is 4.20. The number of nitrogens with one attached hydrogen (secondary N) is 1. The summed E-state index contributed by atoms with van der Waals surface area (Å²) in [4.78, 5) is 4.09. The molecule has 2 aromatic heterocycles.